The van der Waals surface area contributed by atoms with Crippen LogP contribution in [0.5, 0.6) is 11.5 Å². The number of hydrogen-bond acceptors (Lipinski definition) is 22. The number of H-pyrrole nitrogens is 1. The molecule has 2 aliphatic rings. The SMILES string of the molecule is CC[C@H](C)[C@H](NC(=O)[C@@H]1CCCN1C(=O)[C@H](CS)NC(=O)[C@@H](N)Cc1ccc(O)cc1)C(=O)N[C@@H](Cc1c[nH]c2ccccc12)C(=O)N[C@@H](CCCCN)C(=O)N[C@@H](Cc1ccccc1)C(=O)N1CCC[C@H]1C(=O)N[C@@H](CC(=O)O)C(=O)N[C@@H](CCC(=O)O)C(=O)N[C@@H](CCC(=O)O)C(=O)N[C@@H](CS)C(=O)N[C@@H](Cc1ccc(O)cc1)C(=O)O. The number of aromatic amines is 1. The van der Waals surface area contributed by atoms with Crippen molar-refractivity contribution in [2.75, 3.05) is 31.1 Å². The number of benzene rings is 4. The standard InChI is InChI=1S/C80H105N15O22S2/c1-3-43(2)67(93-76(112)63-19-12-34-95(63)79(115)61(42-119)92-68(104)51(82)35-45-20-24-48(96)25-21-45)77(113)88-56(38-47-40-83-52-16-8-7-15-50(47)52)72(108)84-53(17-9-10-32-81)69(105)89-58(36-44-13-5-4-6-14-44)78(114)94-33-11-18-62(94)75(111)87-57(39-66(102)103)73(109)86-54(28-30-64(98)99)70(106)85-55(29-31-65(100)101)71(107)91-60(41-118)74(110)90-59(80(116)117)37-46-22-26-49(97)27-23-46/h4-8,13-16,20-27,40,43,51,53-63,67,83,96-97,118-119H,3,9-12,17-19,28-39,41-42,81-82H2,1-2H3,(H,84,108)(H,85,106)(H,86,109)(H,87,111)(H,88,113)(H,89,105)(H,90,110)(H,91,107)(H,92,104)(H,93,112)(H,98,99)(H,100,101)(H,102,103)(H,116,117)/t43-,51-,53-,54-,55-,56-,57-,58-,59-,60-,61-,62-,63-,67-/m0/s1. The van der Waals surface area contributed by atoms with E-state index in [4.69, 9.17) is 11.5 Å². The number of nitrogens with two attached hydrogens (primary N) is 2. The number of fused-ring (bicyclic) bond motifs is 1. The minimum absolute atomic E-state index is 0.0193. The van der Waals surface area contributed by atoms with Crippen LogP contribution in [0.25, 0.3) is 10.9 Å². The number of aromatic hydroxyl groups is 2. The first-order chi connectivity index (χ1) is 56.7. The maximum absolute atomic E-state index is 15.3. The molecule has 2 aliphatic heterocycles. The fourth-order valence-corrected chi connectivity index (χ4v) is 14.3. The second-order valence-corrected chi connectivity index (χ2v) is 30.1. The van der Waals surface area contributed by atoms with Crippen molar-refractivity contribution in [3.05, 3.63) is 132 Å². The summed E-state index contributed by atoms with van der Waals surface area (Å²) < 4.78 is 0. The zero-order valence-electron chi connectivity index (χ0n) is 65.7. The molecule has 5 aromatic rings. The van der Waals surface area contributed by atoms with Gasteiger partial charge in [0.25, 0.3) is 0 Å². The molecule has 0 spiro atoms. The lowest BCUT2D eigenvalue weighted by Gasteiger charge is -2.32. The van der Waals surface area contributed by atoms with Crippen LogP contribution in [0.15, 0.2) is 109 Å². The molecule has 7 rings (SSSR count). The number of unbranched alkanes of at least 4 members (excludes halogenated alkanes) is 1. The van der Waals surface area contributed by atoms with Gasteiger partial charge in [0.1, 0.15) is 84.0 Å². The van der Waals surface area contributed by atoms with Gasteiger partial charge in [0.05, 0.1) is 12.5 Å². The van der Waals surface area contributed by atoms with Crippen molar-refractivity contribution in [1.82, 2.24) is 68.0 Å². The highest BCUT2D eigenvalue weighted by atomic mass is 32.1. The molecule has 4 aromatic carbocycles. The van der Waals surface area contributed by atoms with Gasteiger partial charge in [-0.3, -0.25) is 71.9 Å². The maximum atomic E-state index is 15.3. The van der Waals surface area contributed by atoms with Gasteiger partial charge >= 0.3 is 23.9 Å². The lowest BCUT2D eigenvalue weighted by molar-refractivity contribution is -0.144. The molecule has 37 nitrogen and oxygen atoms in total. The third-order valence-electron chi connectivity index (χ3n) is 20.6. The fourth-order valence-electron chi connectivity index (χ4n) is 13.8. The second kappa shape index (κ2) is 46.3. The lowest BCUT2D eigenvalue weighted by atomic mass is 9.96. The molecule has 1 aromatic heterocycles. The lowest BCUT2D eigenvalue weighted by Crippen LogP contribution is -2.61. The Morgan fingerprint density at radius 1 is 0.462 bits per heavy atom. The summed E-state index contributed by atoms with van der Waals surface area (Å²) in [5.74, 6) is -19.0. The van der Waals surface area contributed by atoms with Gasteiger partial charge in [-0.15, -0.1) is 0 Å². The molecular formula is C80H105N15O22S2. The van der Waals surface area contributed by atoms with Crippen LogP contribution in [0.2, 0.25) is 0 Å². The van der Waals surface area contributed by atoms with Gasteiger partial charge in [0, 0.05) is 73.8 Å². The molecule has 39 heteroatoms. The van der Waals surface area contributed by atoms with Crippen molar-refractivity contribution in [2.24, 2.45) is 17.4 Å². The highest BCUT2D eigenvalue weighted by Crippen LogP contribution is 2.25. The zero-order valence-corrected chi connectivity index (χ0v) is 67.5. The van der Waals surface area contributed by atoms with Crippen molar-refractivity contribution < 1.29 is 107 Å². The Morgan fingerprint density at radius 3 is 1.42 bits per heavy atom. The number of aromatic nitrogens is 1. The largest absolute Gasteiger partial charge is 0.508 e. The van der Waals surface area contributed by atoms with Crippen LogP contribution in [0, 0.1) is 5.92 Å². The Bertz CT molecular complexity index is 4410. The fraction of sp³-hybridized carbons (Fsp3) is 0.475. The molecule has 0 aliphatic carbocycles. The average Bonchev–Trinajstić information content (AvgIpc) is 1.73. The number of nitrogens with zero attached hydrogens (tertiary/aromatic N) is 2. The number of phenolic OH excluding ortho intramolecular Hbond substituents is 2. The molecule has 2 fully saturated rings. The number of amides is 12. The normalized spacial score (nSPS) is 16.8. The maximum Gasteiger partial charge on any atom is 0.326 e. The van der Waals surface area contributed by atoms with Gasteiger partial charge in [0.15, 0.2) is 0 Å². The van der Waals surface area contributed by atoms with Crippen LogP contribution in [-0.2, 0) is 102 Å². The highest BCUT2D eigenvalue weighted by molar-refractivity contribution is 7.80. The third kappa shape index (κ3) is 28.5. The molecule has 2 saturated heterocycles. The van der Waals surface area contributed by atoms with E-state index in [2.05, 4.69) is 83.4 Å². The molecule has 0 unspecified atom stereocenters. The van der Waals surface area contributed by atoms with Crippen molar-refractivity contribution in [3.8, 4) is 11.5 Å². The number of carboxylic acid groups (broad SMARTS) is 4. The number of thiol groups is 2. The summed E-state index contributed by atoms with van der Waals surface area (Å²) in [6.07, 6.45) is -1.80. The molecule has 0 saturated carbocycles. The first-order valence-corrected chi connectivity index (χ1v) is 40.3. The molecule has 644 valence electrons. The molecule has 14 atom stereocenters. The van der Waals surface area contributed by atoms with Gasteiger partial charge in [-0.2, -0.15) is 25.3 Å². The first kappa shape index (κ1) is 94.3. The predicted molar refractivity (Wildman–Crippen MR) is 436 cm³/mol. The third-order valence-corrected chi connectivity index (χ3v) is 21.3. The smallest absolute Gasteiger partial charge is 0.326 e. The number of para-hydroxylation sites is 1. The number of carbonyl (C=O) groups excluding carboxylic acids is 12. The summed E-state index contributed by atoms with van der Waals surface area (Å²) in [7, 11) is 0. The highest BCUT2D eigenvalue weighted by Gasteiger charge is 2.44. The second-order valence-electron chi connectivity index (χ2n) is 29.4. The molecule has 119 heavy (non-hydrogen) atoms. The minimum Gasteiger partial charge on any atom is -0.508 e. The minimum atomic E-state index is -2.08. The molecule has 0 radical (unpaired) electrons. The van der Waals surface area contributed by atoms with Crippen molar-refractivity contribution in [1.29, 1.82) is 0 Å². The monoisotopic (exact) mass is 1690 g/mol. The molecule has 0 bridgehead atoms. The van der Waals surface area contributed by atoms with E-state index in [1.165, 1.54) is 41.3 Å². The van der Waals surface area contributed by atoms with Crippen molar-refractivity contribution >= 4 is 131 Å². The number of phenols is 2. The van der Waals surface area contributed by atoms with E-state index in [-0.39, 0.29) is 94.7 Å². The number of rotatable bonds is 47. The van der Waals surface area contributed by atoms with Crippen molar-refractivity contribution in [3.63, 3.8) is 0 Å². The van der Waals surface area contributed by atoms with Gasteiger partial charge in [-0.1, -0.05) is 93.1 Å². The quantitative estimate of drug-likeness (QED) is 0.0170. The number of carboxylic acids is 4. The van der Waals surface area contributed by atoms with E-state index in [0.29, 0.717) is 52.4 Å². The van der Waals surface area contributed by atoms with Gasteiger partial charge in [0.2, 0.25) is 70.9 Å². The van der Waals surface area contributed by atoms with E-state index in [0.717, 1.165) is 4.90 Å². The topological polar surface area (TPSA) is 589 Å². The number of aliphatic carboxylic acids is 4. The summed E-state index contributed by atoms with van der Waals surface area (Å²) in [5.41, 5.74) is 15.0. The average molecular weight is 1690 g/mol. The zero-order chi connectivity index (χ0) is 87.2. The van der Waals surface area contributed by atoms with Crippen LogP contribution in [0.1, 0.15) is 120 Å². The van der Waals surface area contributed by atoms with E-state index in [1.54, 1.807) is 86.8 Å². The Morgan fingerprint density at radius 2 is 0.899 bits per heavy atom. The number of hydrogen-bond donors (Lipinski definition) is 21. The number of nitrogens with one attached hydrogen (secondary N) is 11. The van der Waals surface area contributed by atoms with Gasteiger partial charge < -0.3 is 110 Å². The van der Waals surface area contributed by atoms with Gasteiger partial charge in [-0.05, 0) is 129 Å². The van der Waals surface area contributed by atoms with E-state index >= 15 is 19.2 Å². The van der Waals surface area contributed by atoms with Crippen LogP contribution in [-0.4, -0.2) is 250 Å². The number of carbonyl (C=O) groups is 16. The number of likely N-dealkylation sites (tertiary alicyclic amines) is 2. The predicted octanol–water partition coefficient (Wildman–Crippen LogP) is -0.669. The summed E-state index contributed by atoms with van der Waals surface area (Å²) >= 11 is 8.47. The Balaban J connectivity index is 1.08. The van der Waals surface area contributed by atoms with Crippen LogP contribution < -0.4 is 64.6 Å². The molecule has 21 N–H and O–H groups in total. The Labute approximate surface area is 696 Å². The summed E-state index contributed by atoms with van der Waals surface area (Å²) in [5, 5.41) is 84.7. The Hall–Kier alpha value is -11.8. The molecule has 3 heterocycles. The van der Waals surface area contributed by atoms with Gasteiger partial charge in [-0.25, -0.2) is 4.79 Å². The van der Waals surface area contributed by atoms with Crippen LogP contribution in [0.4, 0.5) is 0 Å². The molecule has 12 amide bonds. The van der Waals surface area contributed by atoms with E-state index in [1.807, 2.05) is 0 Å². The first-order valence-electron chi connectivity index (χ1n) is 39.1. The van der Waals surface area contributed by atoms with Crippen LogP contribution >= 0.6 is 25.3 Å². The summed E-state index contributed by atoms with van der Waals surface area (Å²) in [4.78, 5) is 227. The summed E-state index contributed by atoms with van der Waals surface area (Å²) in [6, 6.07) is 7.15. The van der Waals surface area contributed by atoms with Crippen molar-refractivity contribution in [2.45, 2.75) is 202 Å². The Kier molecular flexibility index (Phi) is 36.7. The van der Waals surface area contributed by atoms with E-state index < -0.39 is 217 Å². The summed E-state index contributed by atoms with van der Waals surface area (Å²) in [6.45, 7) is 3.63. The van der Waals surface area contributed by atoms with E-state index in [9.17, 15) is 88.2 Å². The van der Waals surface area contributed by atoms with Crippen LogP contribution in [0.3, 0.4) is 0 Å². The molecular weight excluding hydrogens is 1590 g/mol.